The normalized spacial score (nSPS) is 15.8. The number of aliphatic hydroxyl groups is 1. The van der Waals surface area contributed by atoms with Gasteiger partial charge in [0.05, 0.1) is 5.60 Å². The van der Waals surface area contributed by atoms with E-state index < -0.39 is 5.60 Å². The molecule has 1 amide bonds. The molecule has 0 bridgehead atoms. The first-order valence-electron chi connectivity index (χ1n) is 8.66. The lowest BCUT2D eigenvalue weighted by Crippen LogP contribution is -2.42. The van der Waals surface area contributed by atoms with Crippen molar-refractivity contribution in [2.24, 2.45) is 0 Å². The summed E-state index contributed by atoms with van der Waals surface area (Å²) in [6, 6.07) is 13.1. The summed E-state index contributed by atoms with van der Waals surface area (Å²) in [4.78, 5) is 18.4. The second-order valence-electron chi connectivity index (χ2n) is 6.75. The van der Waals surface area contributed by atoms with Gasteiger partial charge >= 0.3 is 0 Å². The number of likely N-dealkylation sites (N-methyl/N-ethyl adjacent to an activating group) is 1. The number of ether oxygens (including phenoxy) is 1. The fraction of sp³-hybridized carbons (Fsp3) is 0.400. The Balaban J connectivity index is 1.62. The van der Waals surface area contributed by atoms with Crippen molar-refractivity contribution in [3.05, 3.63) is 59.8 Å². The monoisotopic (exact) mass is 340 g/mol. The summed E-state index contributed by atoms with van der Waals surface area (Å²) in [5.74, 6) is 0.287. The number of carbonyl (C=O) groups excluding carboxylic acids is 1. The van der Waals surface area contributed by atoms with Crippen LogP contribution in [0.25, 0.3) is 0 Å². The number of hydrogen-bond donors (Lipinski definition) is 1. The Hall–Kier alpha value is -2.40. The maximum Gasteiger partial charge on any atom is 0.253 e. The van der Waals surface area contributed by atoms with Gasteiger partial charge in [0.25, 0.3) is 5.91 Å². The van der Waals surface area contributed by atoms with Gasteiger partial charge < -0.3 is 14.7 Å². The highest BCUT2D eigenvalue weighted by atomic mass is 16.5. The second-order valence-corrected chi connectivity index (χ2v) is 6.75. The smallest absolute Gasteiger partial charge is 0.253 e. The van der Waals surface area contributed by atoms with Crippen LogP contribution < -0.4 is 4.74 Å². The maximum atomic E-state index is 12.6. The van der Waals surface area contributed by atoms with Crippen LogP contribution >= 0.6 is 0 Å². The number of benzene rings is 1. The second kappa shape index (κ2) is 7.66. The number of nitrogens with zero attached hydrogens (tertiary/aromatic N) is 2. The van der Waals surface area contributed by atoms with Crippen LogP contribution in [0.15, 0.2) is 48.7 Å². The highest BCUT2D eigenvalue weighted by Gasteiger charge is 2.33. The first-order chi connectivity index (χ1) is 12.1. The highest BCUT2D eigenvalue weighted by molar-refractivity contribution is 5.94. The first kappa shape index (κ1) is 17.4. The number of hydrogen-bond acceptors (Lipinski definition) is 4. The topological polar surface area (TPSA) is 62.7 Å². The fourth-order valence-corrected chi connectivity index (χ4v) is 3.28. The van der Waals surface area contributed by atoms with Crippen LogP contribution in [-0.4, -0.2) is 40.1 Å². The van der Waals surface area contributed by atoms with Crippen molar-refractivity contribution in [1.82, 2.24) is 9.88 Å². The van der Waals surface area contributed by atoms with Gasteiger partial charge in [-0.25, -0.2) is 4.98 Å². The molecule has 1 aliphatic rings. The summed E-state index contributed by atoms with van der Waals surface area (Å²) in [5, 5.41) is 10.5. The predicted octanol–water partition coefficient (Wildman–Crippen LogP) is 3.04. The molecule has 3 rings (SSSR count). The summed E-state index contributed by atoms with van der Waals surface area (Å²) < 4.78 is 5.68. The zero-order valence-electron chi connectivity index (χ0n) is 14.5. The largest absolute Gasteiger partial charge is 0.473 e. The van der Waals surface area contributed by atoms with Crippen LogP contribution in [-0.2, 0) is 6.61 Å². The third kappa shape index (κ3) is 4.57. The average molecular weight is 340 g/mol. The minimum atomic E-state index is -0.746. The van der Waals surface area contributed by atoms with Crippen molar-refractivity contribution in [3.8, 4) is 5.88 Å². The minimum absolute atomic E-state index is 0.132. The van der Waals surface area contributed by atoms with Gasteiger partial charge in [-0.2, -0.15) is 0 Å². The van der Waals surface area contributed by atoms with E-state index >= 15 is 0 Å². The molecule has 0 spiro atoms. The van der Waals surface area contributed by atoms with Gasteiger partial charge in [0.15, 0.2) is 0 Å². The lowest BCUT2D eigenvalue weighted by Gasteiger charge is -2.28. The molecule has 25 heavy (non-hydrogen) atoms. The standard InChI is InChI=1S/C20H24N2O3/c1-22(15-20(24)10-5-6-11-20)19(23)17-9-12-21-18(13-17)25-14-16-7-3-2-4-8-16/h2-4,7-9,12-13,24H,5-6,10-11,14-15H2,1H3. The van der Waals surface area contributed by atoms with Gasteiger partial charge in [-0.15, -0.1) is 0 Å². The SMILES string of the molecule is CN(CC1(O)CCCC1)C(=O)c1ccnc(OCc2ccccc2)c1. The number of aromatic nitrogens is 1. The Kier molecular flexibility index (Phi) is 5.34. The molecule has 5 heteroatoms. The summed E-state index contributed by atoms with van der Waals surface area (Å²) in [7, 11) is 1.73. The molecule has 1 aliphatic carbocycles. The number of carbonyl (C=O) groups is 1. The van der Waals surface area contributed by atoms with Crippen molar-refractivity contribution in [1.29, 1.82) is 0 Å². The zero-order chi connectivity index (χ0) is 17.7. The molecule has 0 radical (unpaired) electrons. The van der Waals surface area contributed by atoms with Crippen LogP contribution in [0, 0.1) is 0 Å². The molecule has 1 saturated carbocycles. The zero-order valence-corrected chi connectivity index (χ0v) is 14.5. The fourth-order valence-electron chi connectivity index (χ4n) is 3.28. The van der Waals surface area contributed by atoms with Gasteiger partial charge in [-0.05, 0) is 24.5 Å². The lowest BCUT2D eigenvalue weighted by atomic mass is 10.0. The Labute approximate surface area is 148 Å². The van der Waals surface area contributed by atoms with Gasteiger partial charge in [0.2, 0.25) is 5.88 Å². The summed E-state index contributed by atoms with van der Waals surface area (Å²) in [5.41, 5.74) is 0.813. The van der Waals surface area contributed by atoms with E-state index in [0.717, 1.165) is 31.2 Å². The van der Waals surface area contributed by atoms with E-state index in [4.69, 9.17) is 4.74 Å². The van der Waals surface area contributed by atoms with Crippen LogP contribution in [0.1, 0.15) is 41.6 Å². The predicted molar refractivity (Wildman–Crippen MR) is 95.4 cm³/mol. The van der Waals surface area contributed by atoms with E-state index in [2.05, 4.69) is 4.98 Å². The molecular formula is C20H24N2O3. The molecule has 1 aromatic heterocycles. The van der Waals surface area contributed by atoms with Crippen LogP contribution in [0.5, 0.6) is 5.88 Å². The van der Waals surface area contributed by atoms with Crippen molar-refractivity contribution < 1.29 is 14.6 Å². The highest BCUT2D eigenvalue weighted by Crippen LogP contribution is 2.30. The first-order valence-corrected chi connectivity index (χ1v) is 8.66. The number of amides is 1. The molecule has 132 valence electrons. The van der Waals surface area contributed by atoms with Gasteiger partial charge in [0.1, 0.15) is 6.61 Å². The van der Waals surface area contributed by atoms with Crippen molar-refractivity contribution in [3.63, 3.8) is 0 Å². The number of rotatable bonds is 6. The van der Waals surface area contributed by atoms with Crippen molar-refractivity contribution in [2.75, 3.05) is 13.6 Å². The lowest BCUT2D eigenvalue weighted by molar-refractivity contribution is 0.0156. The van der Waals surface area contributed by atoms with Gasteiger partial charge in [-0.3, -0.25) is 4.79 Å². The third-order valence-corrected chi connectivity index (χ3v) is 4.62. The van der Waals surface area contributed by atoms with E-state index in [-0.39, 0.29) is 5.91 Å². The van der Waals surface area contributed by atoms with Crippen LogP contribution in [0.2, 0.25) is 0 Å². The molecule has 0 atom stereocenters. The Morgan fingerprint density at radius 2 is 1.96 bits per heavy atom. The maximum absolute atomic E-state index is 12.6. The molecule has 5 nitrogen and oxygen atoms in total. The summed E-state index contributed by atoms with van der Waals surface area (Å²) in [6.45, 7) is 0.759. The van der Waals surface area contributed by atoms with Crippen molar-refractivity contribution >= 4 is 5.91 Å². The third-order valence-electron chi connectivity index (χ3n) is 4.62. The van der Waals surface area contributed by atoms with E-state index in [1.54, 1.807) is 30.3 Å². The summed E-state index contributed by atoms with van der Waals surface area (Å²) in [6.07, 6.45) is 5.13. The van der Waals surface area contributed by atoms with Crippen LogP contribution in [0.4, 0.5) is 0 Å². The molecule has 0 aliphatic heterocycles. The van der Waals surface area contributed by atoms with E-state index in [0.29, 0.717) is 24.6 Å². The Morgan fingerprint density at radius 1 is 1.24 bits per heavy atom. The van der Waals surface area contributed by atoms with E-state index in [9.17, 15) is 9.90 Å². The minimum Gasteiger partial charge on any atom is -0.473 e. The molecule has 1 fully saturated rings. The van der Waals surface area contributed by atoms with Crippen LogP contribution in [0.3, 0.4) is 0 Å². The average Bonchev–Trinajstić information content (AvgIpc) is 3.06. The van der Waals surface area contributed by atoms with Crippen molar-refractivity contribution in [2.45, 2.75) is 37.9 Å². The van der Waals surface area contributed by atoms with E-state index in [1.165, 1.54) is 0 Å². The quantitative estimate of drug-likeness (QED) is 0.878. The molecule has 2 aromatic rings. The molecule has 1 heterocycles. The molecule has 0 saturated heterocycles. The summed E-state index contributed by atoms with van der Waals surface area (Å²) >= 11 is 0. The van der Waals surface area contributed by atoms with Gasteiger partial charge in [0, 0.05) is 31.4 Å². The molecule has 0 unspecified atom stereocenters. The van der Waals surface area contributed by atoms with E-state index in [1.807, 2.05) is 30.3 Å². The Morgan fingerprint density at radius 3 is 2.68 bits per heavy atom. The molecule has 1 aromatic carbocycles. The van der Waals surface area contributed by atoms with Gasteiger partial charge in [-0.1, -0.05) is 43.2 Å². The Bertz CT molecular complexity index is 712. The number of pyridine rings is 1. The molecular weight excluding hydrogens is 316 g/mol. The molecule has 1 N–H and O–H groups in total.